The first-order valence-electron chi connectivity index (χ1n) is 11.3. The van der Waals surface area contributed by atoms with Crippen LogP contribution in [0, 0.1) is 11.8 Å². The van der Waals surface area contributed by atoms with Crippen molar-refractivity contribution in [1.82, 2.24) is 4.90 Å². The molecule has 0 saturated carbocycles. The molecule has 0 aliphatic heterocycles. The van der Waals surface area contributed by atoms with E-state index in [1.807, 2.05) is 12.1 Å². The van der Waals surface area contributed by atoms with Crippen LogP contribution in [0.15, 0.2) is 45.9 Å². The molecule has 0 N–H and O–H groups in total. The summed E-state index contributed by atoms with van der Waals surface area (Å²) in [5.41, 5.74) is 2.51. The molecular formula is C26H33BrN2O4. The lowest BCUT2D eigenvalue weighted by Crippen LogP contribution is -2.21. The van der Waals surface area contributed by atoms with Crippen LogP contribution in [0.3, 0.4) is 0 Å². The molecule has 0 heterocycles. The van der Waals surface area contributed by atoms with Crippen molar-refractivity contribution in [2.24, 2.45) is 16.8 Å². The Kier molecular flexibility index (Phi) is 10.3. The third-order valence-electron chi connectivity index (χ3n) is 4.99. The zero-order valence-corrected chi connectivity index (χ0v) is 21.8. The van der Waals surface area contributed by atoms with Gasteiger partial charge in [0.2, 0.25) is 0 Å². The van der Waals surface area contributed by atoms with Gasteiger partial charge in [-0.25, -0.2) is 0 Å². The first kappa shape index (κ1) is 26.7. The van der Waals surface area contributed by atoms with Gasteiger partial charge in [0, 0.05) is 22.8 Å². The number of rotatable bonds is 10. The van der Waals surface area contributed by atoms with Gasteiger partial charge in [-0.3, -0.25) is 19.5 Å². The molecule has 0 aliphatic carbocycles. The minimum atomic E-state index is -0.422. The molecule has 0 bridgehead atoms. The number of aliphatic imine (C=N–C) groups is 1. The highest BCUT2D eigenvalue weighted by Crippen LogP contribution is 2.36. The molecule has 0 unspecified atom stereocenters. The Hall–Kier alpha value is -2.51. The topological polar surface area (TPSA) is 68.2 Å². The molecule has 0 spiro atoms. The normalized spacial score (nSPS) is 11.6. The van der Waals surface area contributed by atoms with E-state index in [4.69, 9.17) is 9.47 Å². The smallest absolute Gasteiger partial charge is 0.313 e. The molecule has 2 aromatic rings. The number of esters is 2. The number of carbonyl (C=O) groups is 2. The Balaban J connectivity index is 2.37. The van der Waals surface area contributed by atoms with Crippen molar-refractivity contribution < 1.29 is 19.1 Å². The number of halogens is 1. The molecule has 0 radical (unpaired) electrons. The Morgan fingerprint density at radius 2 is 1.55 bits per heavy atom. The molecule has 0 fully saturated rings. The van der Waals surface area contributed by atoms with Crippen molar-refractivity contribution >= 4 is 39.8 Å². The van der Waals surface area contributed by atoms with Gasteiger partial charge >= 0.3 is 11.9 Å². The maximum Gasteiger partial charge on any atom is 0.313 e. The van der Waals surface area contributed by atoms with Crippen molar-refractivity contribution in [2.75, 3.05) is 13.1 Å². The first-order chi connectivity index (χ1) is 15.6. The summed E-state index contributed by atoms with van der Waals surface area (Å²) in [5.74, 6) is -1.16. The molecule has 0 atom stereocenters. The average Bonchev–Trinajstić information content (AvgIpc) is 2.78. The molecule has 2 rings (SSSR count). The number of hydrogen-bond donors (Lipinski definition) is 0. The minimum absolute atomic E-state index is 0.174. The van der Waals surface area contributed by atoms with Gasteiger partial charge in [0.05, 0.1) is 17.5 Å². The van der Waals surface area contributed by atoms with Crippen molar-refractivity contribution in [1.29, 1.82) is 0 Å². The first-order valence-corrected chi connectivity index (χ1v) is 12.1. The maximum atomic E-state index is 12.3. The summed E-state index contributed by atoms with van der Waals surface area (Å²) in [4.78, 5) is 31.5. The fraction of sp³-hybridized carbons (Fsp3) is 0.423. The number of ether oxygens (including phenoxy) is 2. The Morgan fingerprint density at radius 3 is 2.09 bits per heavy atom. The van der Waals surface area contributed by atoms with Crippen LogP contribution < -0.4 is 9.47 Å². The standard InChI is InChI=1S/C26H33BrN2O4/c1-7-29(8-2)16-19-9-11-22(12-10-19)28-15-20-13-21(27)14-23(32-25(30)17(3)4)24(20)33-26(31)18(5)6/h9-15,17-18H,7-8,16H2,1-6H3. The van der Waals surface area contributed by atoms with Gasteiger partial charge in [-0.15, -0.1) is 0 Å². The second kappa shape index (κ2) is 12.7. The van der Waals surface area contributed by atoms with E-state index in [1.165, 1.54) is 5.56 Å². The van der Waals surface area contributed by atoms with Gasteiger partial charge in [0.1, 0.15) is 0 Å². The zero-order chi connectivity index (χ0) is 24.5. The van der Waals surface area contributed by atoms with E-state index in [1.54, 1.807) is 46.0 Å². The predicted molar refractivity (Wildman–Crippen MR) is 135 cm³/mol. The van der Waals surface area contributed by atoms with E-state index in [9.17, 15) is 9.59 Å². The van der Waals surface area contributed by atoms with E-state index in [0.717, 1.165) is 25.3 Å². The molecule has 7 heteroatoms. The van der Waals surface area contributed by atoms with Gasteiger partial charge < -0.3 is 9.47 Å². The van der Waals surface area contributed by atoms with Crippen LogP contribution in [-0.4, -0.2) is 36.1 Å². The monoisotopic (exact) mass is 516 g/mol. The van der Waals surface area contributed by atoms with Crippen molar-refractivity contribution in [3.05, 3.63) is 52.0 Å². The molecule has 6 nitrogen and oxygen atoms in total. The fourth-order valence-corrected chi connectivity index (χ4v) is 3.31. The largest absolute Gasteiger partial charge is 0.422 e. The molecule has 33 heavy (non-hydrogen) atoms. The van der Waals surface area contributed by atoms with E-state index in [0.29, 0.717) is 10.0 Å². The average molecular weight is 517 g/mol. The summed E-state index contributed by atoms with van der Waals surface area (Å²) in [6.07, 6.45) is 1.61. The van der Waals surface area contributed by atoms with Crippen LogP contribution in [0.2, 0.25) is 0 Å². The second-order valence-electron chi connectivity index (χ2n) is 8.36. The van der Waals surface area contributed by atoms with Crippen LogP contribution in [0.4, 0.5) is 5.69 Å². The van der Waals surface area contributed by atoms with Crippen LogP contribution >= 0.6 is 15.9 Å². The lowest BCUT2D eigenvalue weighted by Gasteiger charge is -2.17. The minimum Gasteiger partial charge on any atom is -0.422 e. The van der Waals surface area contributed by atoms with Gasteiger partial charge in [-0.2, -0.15) is 0 Å². The summed E-state index contributed by atoms with van der Waals surface area (Å²) in [7, 11) is 0. The van der Waals surface area contributed by atoms with Crippen molar-refractivity contribution in [3.8, 4) is 11.5 Å². The highest BCUT2D eigenvalue weighted by atomic mass is 79.9. The quantitative estimate of drug-likeness (QED) is 0.214. The number of hydrogen-bond acceptors (Lipinski definition) is 6. The number of nitrogens with zero attached hydrogens (tertiary/aromatic N) is 2. The summed E-state index contributed by atoms with van der Waals surface area (Å²) in [5, 5.41) is 0. The van der Waals surface area contributed by atoms with E-state index >= 15 is 0 Å². The second-order valence-corrected chi connectivity index (χ2v) is 9.28. The number of benzene rings is 2. The third-order valence-corrected chi connectivity index (χ3v) is 5.45. The van der Waals surface area contributed by atoms with Crippen molar-refractivity contribution in [3.63, 3.8) is 0 Å². The van der Waals surface area contributed by atoms with Gasteiger partial charge in [-0.1, -0.05) is 69.6 Å². The molecule has 0 aromatic heterocycles. The zero-order valence-electron chi connectivity index (χ0n) is 20.2. The predicted octanol–water partition coefficient (Wildman–Crippen LogP) is 6.16. The van der Waals surface area contributed by atoms with Crippen LogP contribution in [0.25, 0.3) is 0 Å². The van der Waals surface area contributed by atoms with E-state index in [2.05, 4.69) is 51.8 Å². The summed E-state index contributed by atoms with van der Waals surface area (Å²) in [6.45, 7) is 14.2. The van der Waals surface area contributed by atoms with Crippen molar-refractivity contribution in [2.45, 2.75) is 48.1 Å². The lowest BCUT2D eigenvalue weighted by molar-refractivity contribution is -0.140. The summed E-state index contributed by atoms with van der Waals surface area (Å²) in [6, 6.07) is 11.4. The highest BCUT2D eigenvalue weighted by molar-refractivity contribution is 9.10. The molecule has 0 aliphatic rings. The molecule has 0 amide bonds. The maximum absolute atomic E-state index is 12.3. The van der Waals surface area contributed by atoms with Gasteiger partial charge in [-0.05, 0) is 42.9 Å². The van der Waals surface area contributed by atoms with Gasteiger partial charge in [0.15, 0.2) is 11.5 Å². The summed E-state index contributed by atoms with van der Waals surface area (Å²) < 4.78 is 11.8. The summed E-state index contributed by atoms with van der Waals surface area (Å²) >= 11 is 3.44. The molecule has 2 aromatic carbocycles. The van der Waals surface area contributed by atoms with E-state index in [-0.39, 0.29) is 23.3 Å². The molecular weight excluding hydrogens is 484 g/mol. The van der Waals surface area contributed by atoms with Crippen LogP contribution in [0.1, 0.15) is 52.7 Å². The fourth-order valence-electron chi connectivity index (χ4n) is 2.85. The Morgan fingerprint density at radius 1 is 0.970 bits per heavy atom. The Labute approximate surface area is 205 Å². The number of carbonyl (C=O) groups excluding carboxylic acids is 2. The highest BCUT2D eigenvalue weighted by Gasteiger charge is 2.21. The van der Waals surface area contributed by atoms with E-state index < -0.39 is 11.9 Å². The van der Waals surface area contributed by atoms with Crippen LogP contribution in [-0.2, 0) is 16.1 Å². The lowest BCUT2D eigenvalue weighted by atomic mass is 10.1. The van der Waals surface area contributed by atoms with Gasteiger partial charge in [0.25, 0.3) is 0 Å². The van der Waals surface area contributed by atoms with Crippen LogP contribution in [0.5, 0.6) is 11.5 Å². The molecule has 178 valence electrons. The molecule has 0 saturated heterocycles. The SMILES string of the molecule is CCN(CC)Cc1ccc(N=Cc2cc(Br)cc(OC(=O)C(C)C)c2OC(=O)C(C)C)cc1. The third kappa shape index (κ3) is 8.09. The Bertz CT molecular complexity index is 981.